The molecule has 0 aliphatic heterocycles. The van der Waals surface area contributed by atoms with Crippen molar-refractivity contribution >= 4 is 0 Å². The minimum absolute atomic E-state index is 0. The summed E-state index contributed by atoms with van der Waals surface area (Å²) >= 11 is 0. The molecular weight excluding hydrogens is 327 g/mol. The summed E-state index contributed by atoms with van der Waals surface area (Å²) in [4.78, 5) is 0. The molecule has 0 nitrogen and oxygen atoms in total. The van der Waals surface area contributed by atoms with Crippen LogP contribution in [0.5, 0.6) is 0 Å². The smallest absolute Gasteiger partial charge is 0.358 e. The second-order valence-electron chi connectivity index (χ2n) is 0.577. The van der Waals surface area contributed by atoms with Gasteiger partial charge in [0.05, 0.1) is 0 Å². The van der Waals surface area contributed by atoms with E-state index in [4.69, 9.17) is 0 Å². The first kappa shape index (κ1) is 42.6. The molecule has 0 amide bonds. The minimum atomic E-state index is 0. The van der Waals surface area contributed by atoms with E-state index in [9.17, 15) is 0 Å². The van der Waals surface area contributed by atoms with Gasteiger partial charge in [0.1, 0.15) is 0 Å². The Balaban J connectivity index is -0.00000000200. The number of hydrogen-bond acceptors (Lipinski definition) is 0. The molecule has 0 N–H and O–H groups in total. The standard InChI is InChI=1S/C3H7.2CH3.3Y/c1-3-2;;;;;/h3H,1-2H3;2*1H3;;;/q3*-1;;;+3. The summed E-state index contributed by atoms with van der Waals surface area (Å²) in [5, 5.41) is 0. The van der Waals surface area contributed by atoms with Crippen LogP contribution < -0.4 is 0 Å². The molecule has 0 rings (SSSR count). The summed E-state index contributed by atoms with van der Waals surface area (Å²) in [5.41, 5.74) is 0. The van der Waals surface area contributed by atoms with Crippen molar-refractivity contribution in [3.63, 3.8) is 0 Å². The van der Waals surface area contributed by atoms with Gasteiger partial charge in [-0.3, -0.25) is 0 Å². The van der Waals surface area contributed by atoms with Crippen LogP contribution in [-0.2, 0) is 98.1 Å². The van der Waals surface area contributed by atoms with Crippen LogP contribution in [0, 0.1) is 21.3 Å². The first-order valence-corrected chi connectivity index (χ1v) is 1.15. The largest absolute Gasteiger partial charge is 3.00 e. The molecular formula is C5H13Y3. The van der Waals surface area contributed by atoms with Crippen LogP contribution in [0.2, 0.25) is 0 Å². The summed E-state index contributed by atoms with van der Waals surface area (Å²) in [5.74, 6) is 0. The molecule has 0 fully saturated rings. The Labute approximate surface area is 130 Å². The predicted octanol–water partition coefficient (Wildman–Crippen LogP) is 2.12. The molecule has 3 heteroatoms. The molecule has 0 aromatic carbocycles. The maximum atomic E-state index is 2.00. The van der Waals surface area contributed by atoms with Crippen molar-refractivity contribution < 1.29 is 98.1 Å². The van der Waals surface area contributed by atoms with Gasteiger partial charge in [-0.1, -0.05) is 0 Å². The molecule has 0 bridgehead atoms. The Morgan fingerprint density at radius 2 is 0.875 bits per heavy atom. The molecule has 0 spiro atoms. The Morgan fingerprint density at radius 1 is 0.875 bits per heavy atom. The Hall–Kier alpha value is 3.31. The van der Waals surface area contributed by atoms with Crippen LogP contribution in [0.3, 0.4) is 0 Å². The number of rotatable bonds is 0. The van der Waals surface area contributed by atoms with E-state index in [0.29, 0.717) is 0 Å². The van der Waals surface area contributed by atoms with Gasteiger partial charge < -0.3 is 21.3 Å². The summed E-state index contributed by atoms with van der Waals surface area (Å²) in [6.45, 7) is 4.00. The van der Waals surface area contributed by atoms with Gasteiger partial charge in [-0.25, -0.2) is 0 Å². The fraction of sp³-hybridized carbons (Fsp3) is 0.400. The van der Waals surface area contributed by atoms with Crippen LogP contribution >= 0.6 is 0 Å². The zero-order chi connectivity index (χ0) is 2.71. The van der Waals surface area contributed by atoms with E-state index >= 15 is 0 Å². The molecule has 8 heavy (non-hydrogen) atoms. The van der Waals surface area contributed by atoms with E-state index < -0.39 is 0 Å². The van der Waals surface area contributed by atoms with E-state index in [1.54, 1.807) is 0 Å². The first-order valence-electron chi connectivity index (χ1n) is 1.15. The monoisotopic (exact) mass is 340 g/mol. The van der Waals surface area contributed by atoms with E-state index in [1.807, 2.05) is 20.3 Å². The summed E-state index contributed by atoms with van der Waals surface area (Å²) in [6, 6.07) is 0. The first-order chi connectivity index (χ1) is 1.41. The molecule has 42 valence electrons. The van der Waals surface area contributed by atoms with E-state index in [0.717, 1.165) is 0 Å². The Bertz CT molecular complexity index is 7.64. The van der Waals surface area contributed by atoms with Gasteiger partial charge in [0.15, 0.2) is 0 Å². The van der Waals surface area contributed by atoms with E-state index in [1.165, 1.54) is 0 Å². The van der Waals surface area contributed by atoms with Crippen molar-refractivity contribution in [3.8, 4) is 0 Å². The molecule has 0 aliphatic carbocycles. The molecule has 0 aromatic heterocycles. The quantitative estimate of drug-likeness (QED) is 0.593. The Morgan fingerprint density at radius 3 is 0.875 bits per heavy atom. The number of hydrogen-bond donors (Lipinski definition) is 0. The SMILES string of the molecule is C[CH-]C.[CH3-].[CH3-].[Y+3].[Y].[Y]. The normalized spacial score (nSPS) is 2.25. The van der Waals surface area contributed by atoms with Crippen molar-refractivity contribution in [2.75, 3.05) is 0 Å². The maximum absolute atomic E-state index is 2.00. The van der Waals surface area contributed by atoms with Crippen LogP contribution in [0.15, 0.2) is 0 Å². The van der Waals surface area contributed by atoms with Gasteiger partial charge >= 0.3 is 32.7 Å². The maximum Gasteiger partial charge on any atom is 3.00 e. The Kier molecular flexibility index (Phi) is 256. The van der Waals surface area contributed by atoms with Crippen molar-refractivity contribution in [2.24, 2.45) is 0 Å². The van der Waals surface area contributed by atoms with Crippen molar-refractivity contribution in [1.82, 2.24) is 0 Å². The molecule has 0 heterocycles. The van der Waals surface area contributed by atoms with Gasteiger partial charge in [-0.15, -0.1) is 0 Å². The third kappa shape index (κ3) is 58.7. The zero-order valence-electron chi connectivity index (χ0n) is 6.31. The predicted molar refractivity (Wildman–Crippen MR) is 28.5 cm³/mol. The molecule has 2 radical (unpaired) electrons. The van der Waals surface area contributed by atoms with Gasteiger partial charge in [0, 0.05) is 65.4 Å². The molecule has 0 aromatic rings. The van der Waals surface area contributed by atoms with Crippen LogP contribution in [0.25, 0.3) is 0 Å². The third-order valence-corrected chi connectivity index (χ3v) is 0. The van der Waals surface area contributed by atoms with Crippen molar-refractivity contribution in [2.45, 2.75) is 13.8 Å². The topological polar surface area (TPSA) is 0 Å². The van der Waals surface area contributed by atoms with Gasteiger partial charge in [-0.2, -0.15) is 13.8 Å². The van der Waals surface area contributed by atoms with E-state index in [2.05, 4.69) is 0 Å². The van der Waals surface area contributed by atoms with Crippen LogP contribution in [0.4, 0.5) is 0 Å². The van der Waals surface area contributed by atoms with Crippen LogP contribution in [0.1, 0.15) is 13.8 Å². The average Bonchev–Trinajstić information content (AvgIpc) is 0.918. The van der Waals surface area contributed by atoms with Gasteiger partial charge in [0.2, 0.25) is 0 Å². The summed E-state index contributed by atoms with van der Waals surface area (Å²) in [6.07, 6.45) is 2.00. The zero-order valence-corrected chi connectivity index (χ0v) is 14.8. The van der Waals surface area contributed by atoms with Crippen molar-refractivity contribution in [1.29, 1.82) is 0 Å². The molecule has 0 aliphatic rings. The molecule has 0 atom stereocenters. The third-order valence-electron chi connectivity index (χ3n) is 0. The summed E-state index contributed by atoms with van der Waals surface area (Å²) in [7, 11) is 0. The summed E-state index contributed by atoms with van der Waals surface area (Å²) < 4.78 is 0. The molecule has 0 saturated carbocycles. The fourth-order valence-corrected chi connectivity index (χ4v) is 0. The minimum Gasteiger partial charge on any atom is -0.358 e. The molecule has 0 saturated heterocycles. The van der Waals surface area contributed by atoms with Crippen molar-refractivity contribution in [3.05, 3.63) is 21.3 Å². The second-order valence-corrected chi connectivity index (χ2v) is 0.577. The average molecular weight is 340 g/mol. The van der Waals surface area contributed by atoms with Crippen LogP contribution in [-0.4, -0.2) is 0 Å². The second kappa shape index (κ2) is 48.1. The van der Waals surface area contributed by atoms with E-state index in [-0.39, 0.29) is 113 Å². The van der Waals surface area contributed by atoms with Gasteiger partial charge in [0.25, 0.3) is 0 Å². The van der Waals surface area contributed by atoms with Gasteiger partial charge in [-0.05, 0) is 0 Å². The fourth-order valence-electron chi connectivity index (χ4n) is 0. The molecule has 0 unspecified atom stereocenters.